The van der Waals surface area contributed by atoms with Crippen LogP contribution in [0.4, 0.5) is 0 Å². The highest BCUT2D eigenvalue weighted by atomic mass is 16.6. The fourth-order valence-electron chi connectivity index (χ4n) is 2.90. The summed E-state index contributed by atoms with van der Waals surface area (Å²) >= 11 is 0. The van der Waals surface area contributed by atoms with Crippen LogP contribution in [0.25, 0.3) is 0 Å². The van der Waals surface area contributed by atoms with Crippen LogP contribution in [0.5, 0.6) is 0 Å². The molecule has 27 heavy (non-hydrogen) atoms. The molecule has 0 bridgehead atoms. The van der Waals surface area contributed by atoms with E-state index in [1.54, 1.807) is 0 Å². The number of hydrogen-bond donors (Lipinski definition) is 0. The van der Waals surface area contributed by atoms with Gasteiger partial charge in [0.15, 0.2) is 0 Å². The van der Waals surface area contributed by atoms with Crippen molar-refractivity contribution in [2.24, 2.45) is 0 Å². The summed E-state index contributed by atoms with van der Waals surface area (Å²) in [6, 6.07) is 19.1. The first-order valence-corrected chi connectivity index (χ1v) is 9.01. The molecule has 2 rings (SSSR count). The molecule has 5 nitrogen and oxygen atoms in total. The van der Waals surface area contributed by atoms with Crippen LogP contribution in [0, 0.1) is 0 Å². The highest BCUT2D eigenvalue weighted by molar-refractivity contribution is 5.84. The Morgan fingerprint density at radius 3 is 1.78 bits per heavy atom. The lowest BCUT2D eigenvalue weighted by Gasteiger charge is -2.31. The van der Waals surface area contributed by atoms with E-state index in [4.69, 9.17) is 9.47 Å². The molecule has 0 N–H and O–H groups in total. The number of hydrogen-bond acceptors (Lipinski definition) is 5. The number of nitrogens with zero attached hydrogens (tertiary/aromatic N) is 1. The van der Waals surface area contributed by atoms with Gasteiger partial charge in [0, 0.05) is 26.3 Å². The third-order valence-electron chi connectivity index (χ3n) is 4.15. The number of likely N-dealkylation sites (N-methyl/N-ethyl adjacent to an activating group) is 1. The van der Waals surface area contributed by atoms with E-state index in [-0.39, 0.29) is 19.4 Å². The van der Waals surface area contributed by atoms with Crippen LogP contribution < -0.4 is 0 Å². The predicted octanol–water partition coefficient (Wildman–Crippen LogP) is 2.88. The monoisotopic (exact) mass is 369 g/mol. The normalized spacial score (nSPS) is 11.3. The maximum absolute atomic E-state index is 13.1. The van der Waals surface area contributed by atoms with Gasteiger partial charge in [0.25, 0.3) is 0 Å². The van der Waals surface area contributed by atoms with Gasteiger partial charge in [0.2, 0.25) is 5.60 Å². The second kappa shape index (κ2) is 9.88. The Morgan fingerprint density at radius 2 is 1.37 bits per heavy atom. The first-order valence-electron chi connectivity index (χ1n) is 9.01. The molecule has 5 heteroatoms. The summed E-state index contributed by atoms with van der Waals surface area (Å²) < 4.78 is 11.1. The molecule has 0 spiro atoms. The molecule has 0 aliphatic rings. The maximum atomic E-state index is 13.1. The zero-order valence-corrected chi connectivity index (χ0v) is 16.2. The van der Waals surface area contributed by atoms with Crippen molar-refractivity contribution in [3.05, 3.63) is 71.8 Å². The van der Waals surface area contributed by atoms with Gasteiger partial charge < -0.3 is 14.4 Å². The lowest BCUT2D eigenvalue weighted by Crippen LogP contribution is -2.48. The summed E-state index contributed by atoms with van der Waals surface area (Å²) in [4.78, 5) is 26.9. The van der Waals surface area contributed by atoms with Crippen LogP contribution in [-0.4, -0.2) is 49.7 Å². The van der Waals surface area contributed by atoms with Crippen LogP contribution in [0.3, 0.4) is 0 Å². The molecular formula is C22H27NO4. The number of rotatable bonds is 9. The Bertz CT molecular complexity index is 687. The summed E-state index contributed by atoms with van der Waals surface area (Å²) in [6.07, 6.45) is 0.506. The first-order chi connectivity index (χ1) is 12.9. The van der Waals surface area contributed by atoms with Gasteiger partial charge in [-0.05, 0) is 25.2 Å². The summed E-state index contributed by atoms with van der Waals surface area (Å²) in [6.45, 7) is 2.15. The second-order valence-corrected chi connectivity index (χ2v) is 6.85. The van der Waals surface area contributed by atoms with Crippen molar-refractivity contribution in [2.75, 3.05) is 27.2 Å². The average molecular weight is 369 g/mol. The van der Waals surface area contributed by atoms with Crippen LogP contribution in [-0.2, 0) is 31.9 Å². The minimum absolute atomic E-state index is 0.235. The van der Waals surface area contributed by atoms with Crippen molar-refractivity contribution in [3.8, 4) is 0 Å². The third-order valence-corrected chi connectivity index (χ3v) is 4.15. The minimum Gasteiger partial charge on any atom is -0.461 e. The van der Waals surface area contributed by atoms with Crippen molar-refractivity contribution in [1.82, 2.24) is 4.90 Å². The maximum Gasteiger partial charge on any atom is 0.351 e. The average Bonchev–Trinajstić information content (AvgIpc) is 2.62. The molecule has 0 heterocycles. The topological polar surface area (TPSA) is 55.8 Å². The van der Waals surface area contributed by atoms with Crippen LogP contribution in [0.1, 0.15) is 18.1 Å². The summed E-state index contributed by atoms with van der Waals surface area (Å²) in [5.41, 5.74) is 0.402. The van der Waals surface area contributed by atoms with E-state index in [9.17, 15) is 9.59 Å². The molecular weight excluding hydrogens is 342 g/mol. The quantitative estimate of drug-likeness (QED) is 0.636. The Morgan fingerprint density at radius 1 is 0.889 bits per heavy atom. The molecule has 2 aromatic rings. The molecule has 0 aliphatic carbocycles. The van der Waals surface area contributed by atoms with E-state index in [0.29, 0.717) is 6.54 Å². The molecule has 144 valence electrons. The number of benzene rings is 2. The molecule has 0 saturated carbocycles. The lowest BCUT2D eigenvalue weighted by molar-refractivity contribution is -0.181. The van der Waals surface area contributed by atoms with Gasteiger partial charge in [0.1, 0.15) is 6.61 Å². The Kier molecular flexibility index (Phi) is 7.55. The molecule has 2 aromatic carbocycles. The third kappa shape index (κ3) is 6.53. The number of carbonyl (C=O) groups excluding carboxylic acids is 2. The van der Waals surface area contributed by atoms with Crippen molar-refractivity contribution in [3.63, 3.8) is 0 Å². The standard InChI is InChI=1S/C22H27NO4/c1-18(24)27-22(16-19-10-6-4-7-11-19,17-20-12-8-5-9-13-20)21(25)26-15-14-23(2)3/h4-13H,14-17H2,1-3H3. The van der Waals surface area contributed by atoms with Crippen LogP contribution >= 0.6 is 0 Å². The van der Waals surface area contributed by atoms with Gasteiger partial charge in [-0.3, -0.25) is 4.79 Å². The van der Waals surface area contributed by atoms with Crippen LogP contribution in [0.15, 0.2) is 60.7 Å². The van der Waals surface area contributed by atoms with Gasteiger partial charge in [-0.1, -0.05) is 60.7 Å². The smallest absolute Gasteiger partial charge is 0.351 e. The van der Waals surface area contributed by atoms with E-state index < -0.39 is 17.5 Å². The van der Waals surface area contributed by atoms with Crippen molar-refractivity contribution in [1.29, 1.82) is 0 Å². The van der Waals surface area contributed by atoms with Crippen LogP contribution in [0.2, 0.25) is 0 Å². The lowest BCUT2D eigenvalue weighted by atomic mass is 9.87. The largest absolute Gasteiger partial charge is 0.461 e. The molecule has 0 radical (unpaired) electrons. The fraction of sp³-hybridized carbons (Fsp3) is 0.364. The fourth-order valence-corrected chi connectivity index (χ4v) is 2.90. The molecule has 0 atom stereocenters. The van der Waals surface area contributed by atoms with Gasteiger partial charge in [0.05, 0.1) is 0 Å². The zero-order chi connectivity index (χ0) is 19.7. The van der Waals surface area contributed by atoms with E-state index >= 15 is 0 Å². The highest BCUT2D eigenvalue weighted by Gasteiger charge is 2.44. The SMILES string of the molecule is CC(=O)OC(Cc1ccccc1)(Cc1ccccc1)C(=O)OCCN(C)C. The summed E-state index contributed by atoms with van der Waals surface area (Å²) in [5, 5.41) is 0. The minimum atomic E-state index is -1.40. The van der Waals surface area contributed by atoms with Crippen molar-refractivity contribution < 1.29 is 19.1 Å². The number of carbonyl (C=O) groups is 2. The zero-order valence-electron chi connectivity index (χ0n) is 16.2. The second-order valence-electron chi connectivity index (χ2n) is 6.85. The molecule has 0 aliphatic heterocycles. The van der Waals surface area contributed by atoms with Gasteiger partial charge >= 0.3 is 11.9 Å². The molecule has 0 amide bonds. The Labute approximate surface area is 160 Å². The number of ether oxygens (including phenoxy) is 2. The van der Waals surface area contributed by atoms with E-state index in [1.807, 2.05) is 79.7 Å². The number of esters is 2. The van der Waals surface area contributed by atoms with Crippen molar-refractivity contribution in [2.45, 2.75) is 25.4 Å². The van der Waals surface area contributed by atoms with E-state index in [1.165, 1.54) is 6.92 Å². The van der Waals surface area contributed by atoms with Crippen molar-refractivity contribution >= 4 is 11.9 Å². The summed E-state index contributed by atoms with van der Waals surface area (Å²) in [7, 11) is 3.81. The summed E-state index contributed by atoms with van der Waals surface area (Å²) in [5.74, 6) is -1.03. The molecule has 0 fully saturated rings. The first kappa shape index (κ1) is 20.6. The van der Waals surface area contributed by atoms with Gasteiger partial charge in [-0.15, -0.1) is 0 Å². The van der Waals surface area contributed by atoms with Gasteiger partial charge in [-0.25, -0.2) is 4.79 Å². The molecule has 0 aromatic heterocycles. The van der Waals surface area contributed by atoms with E-state index in [2.05, 4.69) is 0 Å². The molecule has 0 unspecified atom stereocenters. The van der Waals surface area contributed by atoms with E-state index in [0.717, 1.165) is 11.1 Å². The Hall–Kier alpha value is -2.66. The Balaban J connectivity index is 2.34. The molecule has 0 saturated heterocycles. The highest BCUT2D eigenvalue weighted by Crippen LogP contribution is 2.26. The predicted molar refractivity (Wildman–Crippen MR) is 104 cm³/mol. The van der Waals surface area contributed by atoms with Gasteiger partial charge in [-0.2, -0.15) is 0 Å².